The summed E-state index contributed by atoms with van der Waals surface area (Å²) in [7, 11) is 0. The standard InChI is InChI=1S/C11H8N2S/c1-2-5-13-10(3-1)7-11(12-13)9-4-6-14-8-9/h1-8H. The number of rotatable bonds is 1. The Morgan fingerprint density at radius 2 is 2.21 bits per heavy atom. The van der Waals surface area contributed by atoms with Crippen LogP contribution in [-0.4, -0.2) is 9.61 Å². The summed E-state index contributed by atoms with van der Waals surface area (Å²) >= 11 is 1.70. The summed E-state index contributed by atoms with van der Waals surface area (Å²) in [5.74, 6) is 0. The molecule has 0 aromatic carbocycles. The molecule has 3 aromatic heterocycles. The van der Waals surface area contributed by atoms with E-state index >= 15 is 0 Å². The van der Waals surface area contributed by atoms with Gasteiger partial charge < -0.3 is 0 Å². The highest BCUT2D eigenvalue weighted by Crippen LogP contribution is 2.21. The molecule has 3 rings (SSSR count). The molecule has 3 heteroatoms. The fourth-order valence-electron chi connectivity index (χ4n) is 1.49. The summed E-state index contributed by atoms with van der Waals surface area (Å²) in [5, 5.41) is 8.66. The zero-order valence-electron chi connectivity index (χ0n) is 7.42. The van der Waals surface area contributed by atoms with Crippen LogP contribution in [0.15, 0.2) is 47.3 Å². The Bertz CT molecular complexity index is 518. The van der Waals surface area contributed by atoms with Crippen molar-refractivity contribution in [2.45, 2.75) is 0 Å². The van der Waals surface area contributed by atoms with Gasteiger partial charge in [-0.05, 0) is 29.6 Å². The molecule has 0 amide bonds. The first-order valence-electron chi connectivity index (χ1n) is 4.40. The van der Waals surface area contributed by atoms with Gasteiger partial charge in [0, 0.05) is 17.1 Å². The molecule has 0 aliphatic carbocycles. The average molecular weight is 200 g/mol. The van der Waals surface area contributed by atoms with Gasteiger partial charge in [-0.1, -0.05) is 6.07 Å². The van der Waals surface area contributed by atoms with Crippen LogP contribution in [0.2, 0.25) is 0 Å². The quantitative estimate of drug-likeness (QED) is 0.590. The van der Waals surface area contributed by atoms with Crippen molar-refractivity contribution in [1.29, 1.82) is 0 Å². The predicted octanol–water partition coefficient (Wildman–Crippen LogP) is 3.06. The smallest absolute Gasteiger partial charge is 0.0942 e. The molecule has 68 valence electrons. The first kappa shape index (κ1) is 7.76. The highest BCUT2D eigenvalue weighted by molar-refractivity contribution is 7.08. The zero-order valence-corrected chi connectivity index (χ0v) is 8.24. The van der Waals surface area contributed by atoms with Gasteiger partial charge in [-0.2, -0.15) is 16.4 Å². The number of nitrogens with zero attached hydrogens (tertiary/aromatic N) is 2. The molecule has 0 saturated heterocycles. The van der Waals surface area contributed by atoms with Crippen LogP contribution < -0.4 is 0 Å². The van der Waals surface area contributed by atoms with Crippen LogP contribution in [0.5, 0.6) is 0 Å². The van der Waals surface area contributed by atoms with E-state index in [4.69, 9.17) is 0 Å². The van der Waals surface area contributed by atoms with E-state index in [1.54, 1.807) is 11.3 Å². The number of thiophene rings is 1. The Balaban J connectivity index is 2.24. The molecule has 3 heterocycles. The third-order valence-electron chi connectivity index (χ3n) is 2.19. The van der Waals surface area contributed by atoms with Gasteiger partial charge in [-0.25, -0.2) is 4.52 Å². The lowest BCUT2D eigenvalue weighted by Gasteiger charge is -1.88. The molecule has 3 aromatic rings. The van der Waals surface area contributed by atoms with Crippen molar-refractivity contribution in [2.24, 2.45) is 0 Å². The molecule has 0 fully saturated rings. The number of fused-ring (bicyclic) bond motifs is 1. The third kappa shape index (κ3) is 1.14. The van der Waals surface area contributed by atoms with E-state index in [-0.39, 0.29) is 0 Å². The molecule has 0 bridgehead atoms. The maximum atomic E-state index is 4.48. The van der Waals surface area contributed by atoms with Gasteiger partial charge in [0.15, 0.2) is 0 Å². The van der Waals surface area contributed by atoms with Crippen LogP contribution in [0.1, 0.15) is 0 Å². The van der Waals surface area contributed by atoms with Crippen LogP contribution in [0.25, 0.3) is 16.8 Å². The molecule has 0 aliphatic rings. The van der Waals surface area contributed by atoms with Crippen molar-refractivity contribution in [3.05, 3.63) is 47.3 Å². The lowest BCUT2D eigenvalue weighted by Crippen LogP contribution is -1.83. The zero-order chi connectivity index (χ0) is 9.38. The largest absolute Gasteiger partial charge is 0.240 e. The second-order valence-corrected chi connectivity index (χ2v) is 3.89. The van der Waals surface area contributed by atoms with E-state index in [0.717, 1.165) is 11.2 Å². The van der Waals surface area contributed by atoms with Crippen molar-refractivity contribution in [3.8, 4) is 11.3 Å². The van der Waals surface area contributed by atoms with Crippen molar-refractivity contribution in [1.82, 2.24) is 9.61 Å². The van der Waals surface area contributed by atoms with E-state index in [0.29, 0.717) is 0 Å². The molecule has 2 nitrogen and oxygen atoms in total. The van der Waals surface area contributed by atoms with Gasteiger partial charge in [0.2, 0.25) is 0 Å². The molecule has 0 spiro atoms. The van der Waals surface area contributed by atoms with Crippen molar-refractivity contribution in [3.63, 3.8) is 0 Å². The molecule has 0 aliphatic heterocycles. The molecular weight excluding hydrogens is 192 g/mol. The Hall–Kier alpha value is -1.61. The number of hydrogen-bond donors (Lipinski definition) is 0. The topological polar surface area (TPSA) is 17.3 Å². The molecule has 0 unspecified atom stereocenters. The van der Waals surface area contributed by atoms with Crippen molar-refractivity contribution >= 4 is 16.9 Å². The van der Waals surface area contributed by atoms with Gasteiger partial charge in [-0.3, -0.25) is 0 Å². The monoisotopic (exact) mass is 200 g/mol. The Morgan fingerprint density at radius 1 is 1.21 bits per heavy atom. The van der Waals surface area contributed by atoms with Gasteiger partial charge in [0.1, 0.15) is 0 Å². The maximum absolute atomic E-state index is 4.48. The van der Waals surface area contributed by atoms with Crippen LogP contribution in [0, 0.1) is 0 Å². The van der Waals surface area contributed by atoms with Gasteiger partial charge in [0.25, 0.3) is 0 Å². The van der Waals surface area contributed by atoms with Gasteiger partial charge in [-0.15, -0.1) is 0 Å². The van der Waals surface area contributed by atoms with Crippen LogP contribution in [-0.2, 0) is 0 Å². The lowest BCUT2D eigenvalue weighted by molar-refractivity contribution is 0.966. The molecule has 0 N–H and O–H groups in total. The normalized spacial score (nSPS) is 10.9. The molecular formula is C11H8N2S. The van der Waals surface area contributed by atoms with E-state index in [1.165, 1.54) is 5.56 Å². The minimum atomic E-state index is 1.04. The minimum absolute atomic E-state index is 1.04. The fraction of sp³-hybridized carbons (Fsp3) is 0. The SMILES string of the molecule is c1ccn2nc(-c3ccsc3)cc2c1. The summed E-state index contributed by atoms with van der Waals surface area (Å²) in [6.45, 7) is 0. The second-order valence-electron chi connectivity index (χ2n) is 3.11. The van der Waals surface area contributed by atoms with Crippen molar-refractivity contribution in [2.75, 3.05) is 0 Å². The Morgan fingerprint density at radius 3 is 3.00 bits per heavy atom. The van der Waals surface area contributed by atoms with Crippen LogP contribution in [0.3, 0.4) is 0 Å². The molecule has 0 atom stereocenters. The Kier molecular flexibility index (Phi) is 1.64. The summed E-state index contributed by atoms with van der Waals surface area (Å²) in [4.78, 5) is 0. The third-order valence-corrected chi connectivity index (χ3v) is 2.87. The lowest BCUT2D eigenvalue weighted by atomic mass is 10.2. The Labute approximate surface area is 85.4 Å². The number of aromatic nitrogens is 2. The van der Waals surface area contributed by atoms with E-state index in [9.17, 15) is 0 Å². The first-order valence-corrected chi connectivity index (χ1v) is 5.35. The maximum Gasteiger partial charge on any atom is 0.0942 e. The summed E-state index contributed by atoms with van der Waals surface area (Å²) in [5.41, 5.74) is 3.37. The van der Waals surface area contributed by atoms with Crippen molar-refractivity contribution < 1.29 is 0 Å². The van der Waals surface area contributed by atoms with Gasteiger partial charge >= 0.3 is 0 Å². The average Bonchev–Trinajstić information content (AvgIpc) is 2.86. The highest BCUT2D eigenvalue weighted by atomic mass is 32.1. The summed E-state index contributed by atoms with van der Waals surface area (Å²) < 4.78 is 1.90. The van der Waals surface area contributed by atoms with E-state index in [1.807, 2.05) is 22.8 Å². The molecule has 0 saturated carbocycles. The van der Waals surface area contributed by atoms with Crippen LogP contribution in [0.4, 0.5) is 0 Å². The van der Waals surface area contributed by atoms with E-state index in [2.05, 4.69) is 34.1 Å². The minimum Gasteiger partial charge on any atom is -0.240 e. The number of pyridine rings is 1. The van der Waals surface area contributed by atoms with Crippen LogP contribution >= 0.6 is 11.3 Å². The van der Waals surface area contributed by atoms with E-state index < -0.39 is 0 Å². The molecule has 14 heavy (non-hydrogen) atoms. The second kappa shape index (κ2) is 2.96. The number of hydrogen-bond acceptors (Lipinski definition) is 2. The summed E-state index contributed by atoms with van der Waals surface area (Å²) in [6.07, 6.45) is 1.96. The fourth-order valence-corrected chi connectivity index (χ4v) is 2.14. The first-order chi connectivity index (χ1) is 6.93. The molecule has 0 radical (unpaired) electrons. The predicted molar refractivity (Wildman–Crippen MR) is 58.5 cm³/mol. The highest BCUT2D eigenvalue weighted by Gasteiger charge is 2.02. The summed E-state index contributed by atoms with van der Waals surface area (Å²) in [6, 6.07) is 10.3. The van der Waals surface area contributed by atoms with Gasteiger partial charge in [0.05, 0.1) is 11.2 Å².